The van der Waals surface area contributed by atoms with E-state index in [-0.39, 0.29) is 6.61 Å². The molecule has 2 aliphatic rings. The fourth-order valence-electron chi connectivity index (χ4n) is 2.94. The third-order valence-corrected chi connectivity index (χ3v) is 4.16. The highest BCUT2D eigenvalue weighted by atomic mass is 16.3. The summed E-state index contributed by atoms with van der Waals surface area (Å²) in [5.74, 6) is 0.813. The summed E-state index contributed by atoms with van der Waals surface area (Å²) in [6, 6.07) is 0.918. The summed E-state index contributed by atoms with van der Waals surface area (Å²) in [5.41, 5.74) is 1.20. The van der Waals surface area contributed by atoms with E-state index in [9.17, 15) is 0 Å². The van der Waals surface area contributed by atoms with Crippen molar-refractivity contribution >= 4 is 0 Å². The van der Waals surface area contributed by atoms with Crippen molar-refractivity contribution in [1.82, 2.24) is 20.0 Å². The number of nitrogens with one attached hydrogen (secondary N) is 1. The molecule has 106 valence electrons. The molecule has 1 atom stereocenters. The van der Waals surface area contributed by atoms with E-state index >= 15 is 0 Å². The summed E-state index contributed by atoms with van der Waals surface area (Å²) in [4.78, 5) is 2.66. The van der Waals surface area contributed by atoms with E-state index in [2.05, 4.69) is 15.3 Å². The van der Waals surface area contributed by atoms with Gasteiger partial charge in [-0.15, -0.1) is 0 Å². The standard InChI is InChI=1S/C14H24N4O/c19-6-5-18-11-13(9-16-18)8-15-7-12-3-4-17(10-12)14-1-2-14/h9,11-12,14-15,19H,1-8,10H2. The maximum absolute atomic E-state index is 8.84. The molecule has 1 saturated carbocycles. The lowest BCUT2D eigenvalue weighted by atomic mass is 10.1. The minimum absolute atomic E-state index is 0.146. The second-order valence-electron chi connectivity index (χ2n) is 5.85. The number of aliphatic hydroxyl groups excluding tert-OH is 1. The number of aliphatic hydroxyl groups is 1. The third-order valence-electron chi connectivity index (χ3n) is 4.16. The molecular weight excluding hydrogens is 240 g/mol. The van der Waals surface area contributed by atoms with Crippen molar-refractivity contribution in [3.05, 3.63) is 18.0 Å². The van der Waals surface area contributed by atoms with Crippen LogP contribution in [-0.2, 0) is 13.1 Å². The van der Waals surface area contributed by atoms with Gasteiger partial charge in [-0.25, -0.2) is 0 Å². The van der Waals surface area contributed by atoms with Gasteiger partial charge in [-0.2, -0.15) is 5.10 Å². The van der Waals surface area contributed by atoms with E-state index in [4.69, 9.17) is 5.11 Å². The quantitative estimate of drug-likeness (QED) is 0.751. The summed E-state index contributed by atoms with van der Waals surface area (Å²) in [6.45, 7) is 5.29. The van der Waals surface area contributed by atoms with E-state index in [0.29, 0.717) is 6.54 Å². The van der Waals surface area contributed by atoms with Crippen LogP contribution in [0.25, 0.3) is 0 Å². The molecule has 0 radical (unpaired) electrons. The third kappa shape index (κ3) is 3.55. The Balaban J connectivity index is 1.35. The van der Waals surface area contributed by atoms with Crippen LogP contribution in [-0.4, -0.2) is 52.1 Å². The first kappa shape index (κ1) is 13.1. The van der Waals surface area contributed by atoms with Gasteiger partial charge >= 0.3 is 0 Å². The van der Waals surface area contributed by atoms with Crippen molar-refractivity contribution in [3.8, 4) is 0 Å². The van der Waals surface area contributed by atoms with Crippen molar-refractivity contribution in [2.24, 2.45) is 5.92 Å². The maximum atomic E-state index is 8.84. The Hall–Kier alpha value is -0.910. The Bertz CT molecular complexity index is 402. The van der Waals surface area contributed by atoms with Gasteiger partial charge in [-0.3, -0.25) is 4.68 Å². The van der Waals surface area contributed by atoms with E-state index < -0.39 is 0 Å². The van der Waals surface area contributed by atoms with Gasteiger partial charge in [-0.1, -0.05) is 0 Å². The number of rotatable bonds is 7. The van der Waals surface area contributed by atoms with Crippen molar-refractivity contribution < 1.29 is 5.11 Å². The molecule has 1 aliphatic carbocycles. The van der Waals surface area contributed by atoms with Crippen LogP contribution in [0.1, 0.15) is 24.8 Å². The van der Waals surface area contributed by atoms with E-state index in [0.717, 1.165) is 25.0 Å². The minimum Gasteiger partial charge on any atom is -0.394 e. The molecule has 0 amide bonds. The Morgan fingerprint density at radius 1 is 1.37 bits per heavy atom. The second-order valence-corrected chi connectivity index (χ2v) is 5.85. The van der Waals surface area contributed by atoms with Gasteiger partial charge < -0.3 is 15.3 Å². The second kappa shape index (κ2) is 6.03. The minimum atomic E-state index is 0.146. The first-order chi connectivity index (χ1) is 9.35. The molecule has 2 N–H and O–H groups in total. The Morgan fingerprint density at radius 3 is 3.05 bits per heavy atom. The number of aromatic nitrogens is 2. The van der Waals surface area contributed by atoms with Crippen LogP contribution in [0, 0.1) is 5.92 Å². The van der Waals surface area contributed by atoms with Crippen molar-refractivity contribution in [2.75, 3.05) is 26.2 Å². The van der Waals surface area contributed by atoms with Gasteiger partial charge in [0.05, 0.1) is 19.3 Å². The van der Waals surface area contributed by atoms with Crippen LogP contribution in [0.15, 0.2) is 12.4 Å². The molecule has 5 heteroatoms. The van der Waals surface area contributed by atoms with Crippen molar-refractivity contribution in [3.63, 3.8) is 0 Å². The lowest BCUT2D eigenvalue weighted by Crippen LogP contribution is -2.27. The molecule has 0 aromatic carbocycles. The van der Waals surface area contributed by atoms with Gasteiger partial charge in [0.25, 0.3) is 0 Å². The zero-order valence-corrected chi connectivity index (χ0v) is 11.5. The summed E-state index contributed by atoms with van der Waals surface area (Å²) >= 11 is 0. The smallest absolute Gasteiger partial charge is 0.0640 e. The van der Waals surface area contributed by atoms with E-state index in [1.54, 1.807) is 4.68 Å². The fourth-order valence-corrected chi connectivity index (χ4v) is 2.94. The molecule has 2 heterocycles. The Kier molecular flexibility index (Phi) is 4.15. The fraction of sp³-hybridized carbons (Fsp3) is 0.786. The molecule has 1 aromatic rings. The molecule has 19 heavy (non-hydrogen) atoms. The monoisotopic (exact) mass is 264 g/mol. The predicted octanol–water partition coefficient (Wildman–Crippen LogP) is 0.449. The van der Waals surface area contributed by atoms with Crippen LogP contribution >= 0.6 is 0 Å². The molecule has 5 nitrogen and oxygen atoms in total. The molecule has 3 rings (SSSR count). The van der Waals surface area contributed by atoms with Gasteiger partial charge in [0.1, 0.15) is 0 Å². The first-order valence-electron chi connectivity index (χ1n) is 7.42. The lowest BCUT2D eigenvalue weighted by Gasteiger charge is -2.14. The molecular formula is C14H24N4O. The van der Waals surface area contributed by atoms with Gasteiger partial charge in [0.15, 0.2) is 0 Å². The summed E-state index contributed by atoms with van der Waals surface area (Å²) in [5, 5.41) is 16.6. The summed E-state index contributed by atoms with van der Waals surface area (Å²) in [7, 11) is 0. The molecule has 0 spiro atoms. The predicted molar refractivity (Wildman–Crippen MR) is 73.7 cm³/mol. The largest absolute Gasteiger partial charge is 0.394 e. The molecule has 1 unspecified atom stereocenters. The highest BCUT2D eigenvalue weighted by Gasteiger charge is 2.33. The van der Waals surface area contributed by atoms with Gasteiger partial charge in [-0.05, 0) is 38.3 Å². The molecule has 0 bridgehead atoms. The van der Waals surface area contributed by atoms with E-state index in [1.165, 1.54) is 37.9 Å². The van der Waals surface area contributed by atoms with Crippen molar-refractivity contribution in [1.29, 1.82) is 0 Å². The number of hydrogen-bond acceptors (Lipinski definition) is 4. The Morgan fingerprint density at radius 2 is 2.26 bits per heavy atom. The van der Waals surface area contributed by atoms with Crippen LogP contribution in [0.5, 0.6) is 0 Å². The molecule has 2 fully saturated rings. The number of hydrogen-bond donors (Lipinski definition) is 2. The highest BCUT2D eigenvalue weighted by molar-refractivity contribution is 5.03. The lowest BCUT2D eigenvalue weighted by molar-refractivity contribution is 0.269. The van der Waals surface area contributed by atoms with Gasteiger partial charge in [0, 0.05) is 30.9 Å². The SMILES string of the molecule is OCCn1cc(CNCC2CCN(C3CC3)C2)cn1. The van der Waals surface area contributed by atoms with Crippen molar-refractivity contribution in [2.45, 2.75) is 38.4 Å². The van der Waals surface area contributed by atoms with E-state index in [1.807, 2.05) is 12.4 Å². The zero-order valence-electron chi connectivity index (χ0n) is 11.5. The normalized spacial score (nSPS) is 24.2. The van der Waals surface area contributed by atoms with Crippen LogP contribution in [0.3, 0.4) is 0 Å². The Labute approximate surface area is 114 Å². The molecule has 1 aromatic heterocycles. The topological polar surface area (TPSA) is 53.3 Å². The maximum Gasteiger partial charge on any atom is 0.0640 e. The first-order valence-corrected chi connectivity index (χ1v) is 7.42. The zero-order chi connectivity index (χ0) is 13.1. The summed E-state index contributed by atoms with van der Waals surface area (Å²) < 4.78 is 1.79. The van der Waals surface area contributed by atoms with Crippen LogP contribution < -0.4 is 5.32 Å². The molecule has 1 saturated heterocycles. The average Bonchev–Trinajstić information content (AvgIpc) is 2.99. The average molecular weight is 264 g/mol. The van der Waals surface area contributed by atoms with Gasteiger partial charge in [0.2, 0.25) is 0 Å². The molecule has 1 aliphatic heterocycles. The van der Waals surface area contributed by atoms with Crippen LogP contribution in [0.2, 0.25) is 0 Å². The van der Waals surface area contributed by atoms with Crippen LogP contribution in [0.4, 0.5) is 0 Å². The highest BCUT2D eigenvalue weighted by Crippen LogP contribution is 2.31. The number of likely N-dealkylation sites (tertiary alicyclic amines) is 1. The summed E-state index contributed by atoms with van der Waals surface area (Å²) in [6.07, 6.45) is 8.07. The number of nitrogens with zero attached hydrogens (tertiary/aromatic N) is 3.